The van der Waals surface area contributed by atoms with E-state index in [1.165, 1.54) is 23.5 Å². The number of halogens is 3. The van der Waals surface area contributed by atoms with Crippen molar-refractivity contribution < 1.29 is 4.39 Å². The van der Waals surface area contributed by atoms with Gasteiger partial charge in [0.2, 0.25) is 0 Å². The van der Waals surface area contributed by atoms with Crippen LogP contribution in [0.3, 0.4) is 0 Å². The maximum absolute atomic E-state index is 13.1. The lowest BCUT2D eigenvalue weighted by Crippen LogP contribution is -1.82. The standard InChI is InChI=1S/C10H6Br2FNS/c11-5-8-9(15-10(12)14-8)6-2-1-3-7(13)4-6/h1-4H,5H2. The molecule has 2 rings (SSSR count). The second kappa shape index (κ2) is 4.72. The molecular formula is C10H6Br2FNS. The van der Waals surface area contributed by atoms with Gasteiger partial charge in [-0.2, -0.15) is 0 Å². The Morgan fingerprint density at radius 3 is 2.87 bits per heavy atom. The lowest BCUT2D eigenvalue weighted by atomic mass is 10.1. The van der Waals surface area contributed by atoms with Crippen LogP contribution in [0.1, 0.15) is 5.69 Å². The SMILES string of the molecule is Fc1cccc(-c2sc(Br)nc2CBr)c1. The summed E-state index contributed by atoms with van der Waals surface area (Å²) in [6.45, 7) is 0. The number of benzene rings is 1. The molecule has 0 aliphatic heterocycles. The van der Waals surface area contributed by atoms with Gasteiger partial charge >= 0.3 is 0 Å². The van der Waals surface area contributed by atoms with Gasteiger partial charge in [0.25, 0.3) is 0 Å². The van der Waals surface area contributed by atoms with E-state index in [0.717, 1.165) is 20.1 Å². The largest absolute Gasteiger partial charge is 0.233 e. The number of alkyl halides is 1. The average molecular weight is 351 g/mol. The summed E-state index contributed by atoms with van der Waals surface area (Å²) in [7, 11) is 0. The van der Waals surface area contributed by atoms with Crippen LogP contribution in [-0.4, -0.2) is 4.98 Å². The zero-order valence-corrected chi connectivity index (χ0v) is 11.5. The molecule has 0 bridgehead atoms. The summed E-state index contributed by atoms with van der Waals surface area (Å²) in [5.41, 5.74) is 1.80. The number of hydrogen-bond donors (Lipinski definition) is 0. The normalized spacial score (nSPS) is 10.6. The Hall–Kier alpha value is -0.260. The second-order valence-electron chi connectivity index (χ2n) is 2.89. The maximum Gasteiger partial charge on any atom is 0.159 e. The summed E-state index contributed by atoms with van der Waals surface area (Å²) in [6.07, 6.45) is 0. The fourth-order valence-corrected chi connectivity index (χ4v) is 3.36. The van der Waals surface area contributed by atoms with E-state index < -0.39 is 0 Å². The molecule has 1 aromatic heterocycles. The van der Waals surface area contributed by atoms with Gasteiger partial charge in [0.05, 0.1) is 10.6 Å². The maximum atomic E-state index is 13.1. The quantitative estimate of drug-likeness (QED) is 0.721. The van der Waals surface area contributed by atoms with Crippen molar-refractivity contribution in [2.75, 3.05) is 0 Å². The minimum atomic E-state index is -0.224. The molecule has 15 heavy (non-hydrogen) atoms. The van der Waals surface area contributed by atoms with Gasteiger partial charge in [0, 0.05) is 5.33 Å². The highest BCUT2D eigenvalue weighted by Crippen LogP contribution is 2.34. The lowest BCUT2D eigenvalue weighted by Gasteiger charge is -1.99. The van der Waals surface area contributed by atoms with Crippen molar-refractivity contribution in [3.63, 3.8) is 0 Å². The van der Waals surface area contributed by atoms with Crippen LogP contribution in [0, 0.1) is 5.82 Å². The molecule has 0 fully saturated rings. The summed E-state index contributed by atoms with van der Waals surface area (Å²) in [5, 5.41) is 0.668. The number of rotatable bonds is 2. The number of hydrogen-bond acceptors (Lipinski definition) is 2. The van der Waals surface area contributed by atoms with Gasteiger partial charge in [-0.05, 0) is 33.6 Å². The summed E-state index contributed by atoms with van der Waals surface area (Å²) < 4.78 is 13.9. The highest BCUT2D eigenvalue weighted by molar-refractivity contribution is 9.11. The van der Waals surface area contributed by atoms with Crippen LogP contribution in [0.15, 0.2) is 28.2 Å². The van der Waals surface area contributed by atoms with Crippen molar-refractivity contribution in [2.45, 2.75) is 5.33 Å². The highest BCUT2D eigenvalue weighted by Gasteiger charge is 2.11. The van der Waals surface area contributed by atoms with E-state index in [9.17, 15) is 4.39 Å². The molecule has 0 saturated carbocycles. The predicted molar refractivity (Wildman–Crippen MR) is 67.8 cm³/mol. The molecule has 2 aromatic rings. The van der Waals surface area contributed by atoms with E-state index in [2.05, 4.69) is 36.8 Å². The Morgan fingerprint density at radius 2 is 2.20 bits per heavy atom. The first-order valence-corrected chi connectivity index (χ1v) is 6.91. The lowest BCUT2D eigenvalue weighted by molar-refractivity contribution is 0.628. The third-order valence-electron chi connectivity index (χ3n) is 1.88. The Morgan fingerprint density at radius 1 is 1.40 bits per heavy atom. The first-order valence-electron chi connectivity index (χ1n) is 4.18. The minimum absolute atomic E-state index is 0.224. The van der Waals surface area contributed by atoms with Crippen LogP contribution in [0.25, 0.3) is 10.4 Å². The van der Waals surface area contributed by atoms with Gasteiger partial charge in [-0.15, -0.1) is 11.3 Å². The first-order chi connectivity index (χ1) is 7.20. The second-order valence-corrected chi connectivity index (χ2v) is 5.72. The van der Waals surface area contributed by atoms with E-state index in [-0.39, 0.29) is 5.82 Å². The average Bonchev–Trinajstić information content (AvgIpc) is 2.59. The molecule has 0 unspecified atom stereocenters. The van der Waals surface area contributed by atoms with Crippen LogP contribution < -0.4 is 0 Å². The molecule has 0 radical (unpaired) electrons. The van der Waals surface area contributed by atoms with E-state index in [1.54, 1.807) is 6.07 Å². The van der Waals surface area contributed by atoms with Crippen molar-refractivity contribution in [1.82, 2.24) is 4.98 Å². The Bertz CT molecular complexity index is 484. The minimum Gasteiger partial charge on any atom is -0.233 e. The molecule has 0 amide bonds. The smallest absolute Gasteiger partial charge is 0.159 e. The molecule has 1 heterocycles. The predicted octanol–water partition coefficient (Wildman–Crippen LogP) is 4.61. The van der Waals surface area contributed by atoms with Crippen LogP contribution in [0.5, 0.6) is 0 Å². The molecule has 0 aliphatic carbocycles. The monoisotopic (exact) mass is 349 g/mol. The van der Waals surface area contributed by atoms with E-state index >= 15 is 0 Å². The van der Waals surface area contributed by atoms with Gasteiger partial charge in [-0.25, -0.2) is 9.37 Å². The Balaban J connectivity index is 2.53. The third kappa shape index (κ3) is 2.46. The van der Waals surface area contributed by atoms with Gasteiger partial charge in [-0.1, -0.05) is 28.1 Å². The van der Waals surface area contributed by atoms with Crippen molar-refractivity contribution in [3.8, 4) is 10.4 Å². The fourth-order valence-electron chi connectivity index (χ4n) is 1.27. The molecular weight excluding hydrogens is 345 g/mol. The summed E-state index contributed by atoms with van der Waals surface area (Å²) >= 11 is 8.21. The molecule has 5 heteroatoms. The van der Waals surface area contributed by atoms with Crippen molar-refractivity contribution in [1.29, 1.82) is 0 Å². The first kappa shape index (κ1) is 11.2. The molecule has 0 spiro atoms. The third-order valence-corrected chi connectivity index (χ3v) is 4.01. The molecule has 0 aliphatic rings. The zero-order valence-electron chi connectivity index (χ0n) is 7.51. The molecule has 0 N–H and O–H groups in total. The van der Waals surface area contributed by atoms with Gasteiger partial charge in [-0.3, -0.25) is 0 Å². The molecule has 0 saturated heterocycles. The number of aromatic nitrogens is 1. The summed E-state index contributed by atoms with van der Waals surface area (Å²) in [6, 6.07) is 6.55. The van der Waals surface area contributed by atoms with Crippen molar-refractivity contribution >= 4 is 43.2 Å². The topological polar surface area (TPSA) is 12.9 Å². The highest BCUT2D eigenvalue weighted by atomic mass is 79.9. The summed E-state index contributed by atoms with van der Waals surface area (Å²) in [4.78, 5) is 5.30. The Labute approximate surface area is 108 Å². The summed E-state index contributed by atoms with van der Waals surface area (Å²) in [5.74, 6) is -0.224. The van der Waals surface area contributed by atoms with Crippen LogP contribution in [0.2, 0.25) is 0 Å². The number of nitrogens with zero attached hydrogens (tertiary/aromatic N) is 1. The molecule has 1 aromatic carbocycles. The molecule has 78 valence electrons. The molecule has 0 atom stereocenters. The van der Waals surface area contributed by atoms with Crippen molar-refractivity contribution in [2.24, 2.45) is 0 Å². The molecule has 1 nitrogen and oxygen atoms in total. The van der Waals surface area contributed by atoms with E-state index in [1.807, 2.05) is 6.07 Å². The van der Waals surface area contributed by atoms with Crippen LogP contribution >= 0.6 is 43.2 Å². The van der Waals surface area contributed by atoms with Gasteiger partial charge in [0.1, 0.15) is 5.82 Å². The van der Waals surface area contributed by atoms with Crippen LogP contribution in [0.4, 0.5) is 4.39 Å². The van der Waals surface area contributed by atoms with E-state index in [0.29, 0.717) is 5.33 Å². The zero-order chi connectivity index (χ0) is 10.8. The fraction of sp³-hybridized carbons (Fsp3) is 0.100. The van der Waals surface area contributed by atoms with Crippen LogP contribution in [-0.2, 0) is 5.33 Å². The van der Waals surface area contributed by atoms with E-state index in [4.69, 9.17) is 0 Å². The van der Waals surface area contributed by atoms with Gasteiger partial charge < -0.3 is 0 Å². The number of thiazole rings is 1. The van der Waals surface area contributed by atoms with Crippen molar-refractivity contribution in [3.05, 3.63) is 39.7 Å². The van der Waals surface area contributed by atoms with Gasteiger partial charge in [0.15, 0.2) is 3.92 Å². The Kier molecular flexibility index (Phi) is 3.53.